The number of fused-ring (bicyclic) bond motifs is 1. The minimum absolute atomic E-state index is 0.0102. The Hall–Kier alpha value is -3.60. The molecule has 2 aromatic carbocycles. The maximum absolute atomic E-state index is 12.6. The minimum atomic E-state index is -0.230. The Morgan fingerprint density at radius 3 is 2.30 bits per heavy atom. The smallest absolute Gasteiger partial charge is 0.271 e. The number of hydrogen-bond donors (Lipinski definition) is 1. The number of rotatable bonds is 5. The molecule has 0 atom stereocenters. The quantitative estimate of drug-likeness (QED) is 0.398. The Labute approximate surface area is 196 Å². The summed E-state index contributed by atoms with van der Waals surface area (Å²) in [6.45, 7) is 13.9. The summed E-state index contributed by atoms with van der Waals surface area (Å²) in [4.78, 5) is 15.0. The van der Waals surface area contributed by atoms with Crippen LogP contribution in [0.2, 0.25) is 0 Å². The van der Waals surface area contributed by atoms with Gasteiger partial charge in [0, 0.05) is 40.4 Å². The Morgan fingerprint density at radius 2 is 1.67 bits per heavy atom. The van der Waals surface area contributed by atoms with Crippen LogP contribution < -0.4 is 10.3 Å². The van der Waals surface area contributed by atoms with Gasteiger partial charge in [-0.15, -0.1) is 0 Å². The number of carbonyl (C=O) groups excluding carboxylic acids is 1. The second kappa shape index (κ2) is 8.74. The lowest BCUT2D eigenvalue weighted by molar-refractivity contribution is 0.0955. The highest BCUT2D eigenvalue weighted by atomic mass is 16.2. The molecule has 5 heteroatoms. The van der Waals surface area contributed by atoms with Crippen molar-refractivity contribution in [3.8, 4) is 5.69 Å². The zero-order chi connectivity index (χ0) is 23.8. The normalized spacial score (nSPS) is 14.8. The first-order valence-corrected chi connectivity index (χ1v) is 11.4. The Morgan fingerprint density at radius 1 is 1.00 bits per heavy atom. The van der Waals surface area contributed by atoms with E-state index in [0.29, 0.717) is 5.56 Å². The van der Waals surface area contributed by atoms with Gasteiger partial charge in [0.25, 0.3) is 5.91 Å². The highest BCUT2D eigenvalue weighted by molar-refractivity contribution is 5.95. The molecule has 1 aliphatic heterocycles. The van der Waals surface area contributed by atoms with Gasteiger partial charge in [-0.25, -0.2) is 5.43 Å². The van der Waals surface area contributed by atoms with E-state index in [0.717, 1.165) is 29.2 Å². The number of aryl methyl sites for hydroxylation is 2. The van der Waals surface area contributed by atoms with Crippen molar-refractivity contribution in [3.63, 3.8) is 0 Å². The standard InChI is InChI=1S/C28H32N4O/c1-7-31-26-15-10-22(16-25(26)19(2)17-28(31,5)6)18-29-30-27(33)23-11-13-24(14-12-23)32-20(3)8-9-21(32)4/h8-18H,7H2,1-6H3,(H,30,33)/b29-18-. The van der Waals surface area contributed by atoms with Crippen LogP contribution in [-0.4, -0.2) is 28.8 Å². The van der Waals surface area contributed by atoms with Crippen molar-refractivity contribution in [1.82, 2.24) is 9.99 Å². The largest absolute Gasteiger partial charge is 0.363 e. The average Bonchev–Trinajstić information content (AvgIpc) is 3.11. The van der Waals surface area contributed by atoms with Crippen LogP contribution in [-0.2, 0) is 0 Å². The molecule has 0 unspecified atom stereocenters. The molecule has 4 rings (SSSR count). The molecule has 0 fully saturated rings. The first kappa shape index (κ1) is 22.6. The lowest BCUT2D eigenvalue weighted by Crippen LogP contribution is -2.44. The van der Waals surface area contributed by atoms with Crippen LogP contribution in [0.1, 0.15) is 60.6 Å². The fraction of sp³-hybridized carbons (Fsp3) is 0.286. The van der Waals surface area contributed by atoms with E-state index in [9.17, 15) is 4.79 Å². The summed E-state index contributed by atoms with van der Waals surface area (Å²) >= 11 is 0. The van der Waals surface area contributed by atoms with Crippen molar-refractivity contribution in [3.05, 3.63) is 88.8 Å². The lowest BCUT2D eigenvalue weighted by Gasteiger charge is -2.42. The van der Waals surface area contributed by atoms with E-state index >= 15 is 0 Å². The number of aromatic nitrogens is 1. The SMILES string of the molecule is CCN1c2ccc(/C=N\NC(=O)c3ccc(-n4c(C)ccc4C)cc3)cc2C(C)=CC1(C)C. The summed E-state index contributed by atoms with van der Waals surface area (Å²) in [5.74, 6) is -0.230. The van der Waals surface area contributed by atoms with Crippen molar-refractivity contribution in [2.75, 3.05) is 11.4 Å². The van der Waals surface area contributed by atoms with Gasteiger partial charge in [0.05, 0.1) is 11.8 Å². The van der Waals surface area contributed by atoms with Crippen LogP contribution in [0.5, 0.6) is 0 Å². The van der Waals surface area contributed by atoms with Gasteiger partial charge in [-0.2, -0.15) is 5.10 Å². The number of likely N-dealkylation sites (N-methyl/N-ethyl adjacent to an activating group) is 1. The number of benzene rings is 2. The van der Waals surface area contributed by atoms with Gasteiger partial charge >= 0.3 is 0 Å². The molecule has 33 heavy (non-hydrogen) atoms. The summed E-state index contributed by atoms with van der Waals surface area (Å²) in [5.41, 5.74) is 11.2. The summed E-state index contributed by atoms with van der Waals surface area (Å²) in [7, 11) is 0. The Kier molecular flexibility index (Phi) is 5.98. The highest BCUT2D eigenvalue weighted by Crippen LogP contribution is 2.38. The highest BCUT2D eigenvalue weighted by Gasteiger charge is 2.29. The molecule has 0 bridgehead atoms. The van der Waals surface area contributed by atoms with Crippen LogP contribution in [0.3, 0.4) is 0 Å². The van der Waals surface area contributed by atoms with Crippen LogP contribution in [0.4, 0.5) is 5.69 Å². The monoisotopic (exact) mass is 440 g/mol. The van der Waals surface area contributed by atoms with Crippen molar-refractivity contribution in [2.24, 2.45) is 5.10 Å². The van der Waals surface area contributed by atoms with Crippen molar-refractivity contribution in [1.29, 1.82) is 0 Å². The first-order valence-electron chi connectivity index (χ1n) is 11.4. The number of nitrogens with zero attached hydrogens (tertiary/aromatic N) is 3. The third kappa shape index (κ3) is 4.36. The number of hydrogen-bond acceptors (Lipinski definition) is 3. The predicted octanol–water partition coefficient (Wildman–Crippen LogP) is 5.88. The van der Waals surface area contributed by atoms with Crippen molar-refractivity contribution >= 4 is 23.4 Å². The molecule has 0 spiro atoms. The molecule has 2 heterocycles. The zero-order valence-electron chi connectivity index (χ0n) is 20.3. The van der Waals surface area contributed by atoms with Gasteiger partial charge in [0.1, 0.15) is 0 Å². The van der Waals surface area contributed by atoms with E-state index in [-0.39, 0.29) is 11.4 Å². The third-order valence-electron chi connectivity index (χ3n) is 6.36. The number of allylic oxidation sites excluding steroid dienone is 1. The second-order valence-corrected chi connectivity index (χ2v) is 9.20. The number of anilines is 1. The van der Waals surface area contributed by atoms with Crippen molar-refractivity contribution < 1.29 is 4.79 Å². The molecule has 1 amide bonds. The summed E-state index contributed by atoms with van der Waals surface area (Å²) < 4.78 is 2.16. The van der Waals surface area contributed by atoms with Crippen LogP contribution in [0.15, 0.2) is 65.8 Å². The average molecular weight is 441 g/mol. The Bertz CT molecular complexity index is 1230. The number of hydrazone groups is 1. The molecule has 1 aliphatic rings. The van der Waals surface area contributed by atoms with Gasteiger partial charge in [-0.3, -0.25) is 4.79 Å². The first-order chi connectivity index (χ1) is 15.7. The van der Waals surface area contributed by atoms with Gasteiger partial charge < -0.3 is 9.47 Å². The maximum atomic E-state index is 12.6. The molecule has 1 aromatic heterocycles. The zero-order valence-corrected chi connectivity index (χ0v) is 20.3. The Balaban J connectivity index is 1.47. The summed E-state index contributed by atoms with van der Waals surface area (Å²) in [6.07, 6.45) is 4.00. The van der Waals surface area contributed by atoms with Crippen LogP contribution in [0, 0.1) is 13.8 Å². The molecular formula is C28H32N4O. The van der Waals surface area contributed by atoms with E-state index in [2.05, 4.69) is 91.9 Å². The van der Waals surface area contributed by atoms with Crippen molar-refractivity contribution in [2.45, 2.75) is 47.1 Å². The lowest BCUT2D eigenvalue weighted by atomic mass is 9.88. The summed E-state index contributed by atoms with van der Waals surface area (Å²) in [6, 6.07) is 18.1. The van der Waals surface area contributed by atoms with E-state index in [4.69, 9.17) is 0 Å². The van der Waals surface area contributed by atoms with Crippen LogP contribution in [0.25, 0.3) is 11.3 Å². The molecular weight excluding hydrogens is 408 g/mol. The minimum Gasteiger partial charge on any atom is -0.363 e. The molecule has 0 radical (unpaired) electrons. The van der Waals surface area contributed by atoms with Crippen LogP contribution >= 0.6 is 0 Å². The van der Waals surface area contributed by atoms with Gasteiger partial charge in [-0.05, 0) is 101 Å². The van der Waals surface area contributed by atoms with Gasteiger partial charge in [0.15, 0.2) is 0 Å². The molecule has 1 N–H and O–H groups in total. The van der Waals surface area contributed by atoms with E-state index in [1.165, 1.54) is 16.8 Å². The second-order valence-electron chi connectivity index (χ2n) is 9.20. The fourth-order valence-electron chi connectivity index (χ4n) is 4.83. The van der Waals surface area contributed by atoms with E-state index in [1.807, 2.05) is 30.3 Å². The number of carbonyl (C=O) groups is 1. The molecule has 0 saturated carbocycles. The molecule has 0 aliphatic carbocycles. The van der Waals surface area contributed by atoms with E-state index < -0.39 is 0 Å². The third-order valence-corrected chi connectivity index (χ3v) is 6.36. The van der Waals surface area contributed by atoms with E-state index in [1.54, 1.807) is 6.21 Å². The molecule has 5 nitrogen and oxygen atoms in total. The molecule has 0 saturated heterocycles. The maximum Gasteiger partial charge on any atom is 0.271 e. The number of nitrogens with one attached hydrogen (secondary N) is 1. The topological polar surface area (TPSA) is 49.6 Å². The predicted molar refractivity (Wildman–Crippen MR) is 137 cm³/mol. The molecule has 3 aromatic rings. The van der Waals surface area contributed by atoms with Gasteiger partial charge in [0.2, 0.25) is 0 Å². The van der Waals surface area contributed by atoms with Gasteiger partial charge in [-0.1, -0.05) is 12.1 Å². The fourth-order valence-corrected chi connectivity index (χ4v) is 4.83. The molecule has 170 valence electrons. The summed E-state index contributed by atoms with van der Waals surface area (Å²) in [5, 5.41) is 4.20. The number of amides is 1.